The molecule has 0 bridgehead atoms. The number of ether oxygens (including phenoxy) is 1. The third kappa shape index (κ3) is 4.37. The summed E-state index contributed by atoms with van der Waals surface area (Å²) in [5.74, 6) is -1.94. The first kappa shape index (κ1) is 14.5. The van der Waals surface area contributed by atoms with E-state index in [1.54, 1.807) is 24.3 Å². The van der Waals surface area contributed by atoms with Crippen LogP contribution in [-0.2, 0) is 22.7 Å². The molecule has 0 aliphatic heterocycles. The van der Waals surface area contributed by atoms with E-state index in [4.69, 9.17) is 4.74 Å². The summed E-state index contributed by atoms with van der Waals surface area (Å²) >= 11 is 0. The molecular formula is C12H14F3NO2. The predicted molar refractivity (Wildman–Crippen MR) is 59.7 cm³/mol. The Morgan fingerprint density at radius 2 is 1.89 bits per heavy atom. The topological polar surface area (TPSA) is 38.3 Å². The van der Waals surface area contributed by atoms with Crippen molar-refractivity contribution in [1.29, 1.82) is 0 Å². The van der Waals surface area contributed by atoms with Gasteiger partial charge in [0.2, 0.25) is 0 Å². The minimum absolute atomic E-state index is 0.165. The SMILES string of the molecule is CCOCc1ccccc1CNC(=O)C(F)(F)F. The highest BCUT2D eigenvalue weighted by molar-refractivity contribution is 5.81. The third-order valence-electron chi connectivity index (χ3n) is 2.28. The molecule has 0 fully saturated rings. The quantitative estimate of drug-likeness (QED) is 0.883. The van der Waals surface area contributed by atoms with Crippen molar-refractivity contribution in [3.05, 3.63) is 35.4 Å². The summed E-state index contributed by atoms with van der Waals surface area (Å²) in [6, 6.07) is 6.88. The molecule has 1 rings (SSSR count). The summed E-state index contributed by atoms with van der Waals surface area (Å²) in [6.07, 6.45) is -4.85. The van der Waals surface area contributed by atoms with Crippen molar-refractivity contribution in [2.75, 3.05) is 6.61 Å². The monoisotopic (exact) mass is 261 g/mol. The highest BCUT2D eigenvalue weighted by atomic mass is 19.4. The van der Waals surface area contributed by atoms with Crippen LogP contribution in [0.5, 0.6) is 0 Å². The second kappa shape index (κ2) is 6.39. The van der Waals surface area contributed by atoms with Gasteiger partial charge in [-0.05, 0) is 18.1 Å². The van der Waals surface area contributed by atoms with Gasteiger partial charge in [-0.25, -0.2) is 0 Å². The van der Waals surface area contributed by atoms with Crippen molar-refractivity contribution in [3.8, 4) is 0 Å². The van der Waals surface area contributed by atoms with Gasteiger partial charge < -0.3 is 10.1 Å². The number of nitrogens with one attached hydrogen (secondary N) is 1. The predicted octanol–water partition coefficient (Wildman–Crippen LogP) is 2.40. The molecule has 0 saturated carbocycles. The Morgan fingerprint density at radius 1 is 1.28 bits per heavy atom. The fourth-order valence-electron chi connectivity index (χ4n) is 1.36. The largest absolute Gasteiger partial charge is 0.471 e. The third-order valence-corrected chi connectivity index (χ3v) is 2.28. The number of hydrogen-bond acceptors (Lipinski definition) is 2. The standard InChI is InChI=1S/C12H14F3NO2/c1-2-18-8-10-6-4-3-5-9(10)7-16-11(17)12(13,14)15/h3-6H,2,7-8H2,1H3,(H,16,17). The minimum Gasteiger partial charge on any atom is -0.377 e. The van der Waals surface area contributed by atoms with Crippen LogP contribution in [0, 0.1) is 0 Å². The molecule has 1 aromatic carbocycles. The first-order valence-electron chi connectivity index (χ1n) is 5.44. The van der Waals surface area contributed by atoms with Gasteiger partial charge in [-0.3, -0.25) is 4.79 Å². The summed E-state index contributed by atoms with van der Waals surface area (Å²) in [5.41, 5.74) is 1.38. The number of carbonyl (C=O) groups is 1. The van der Waals surface area contributed by atoms with Crippen LogP contribution < -0.4 is 5.32 Å². The van der Waals surface area contributed by atoms with Gasteiger partial charge in [0.1, 0.15) is 0 Å². The maximum Gasteiger partial charge on any atom is 0.471 e. The average molecular weight is 261 g/mol. The van der Waals surface area contributed by atoms with Gasteiger partial charge in [-0.2, -0.15) is 13.2 Å². The molecule has 0 aliphatic rings. The zero-order valence-electron chi connectivity index (χ0n) is 9.88. The normalized spacial score (nSPS) is 11.3. The molecule has 1 amide bonds. The van der Waals surface area contributed by atoms with Gasteiger partial charge in [0.05, 0.1) is 6.61 Å². The molecule has 0 saturated heterocycles. The van der Waals surface area contributed by atoms with E-state index in [1.807, 2.05) is 12.2 Å². The molecule has 0 radical (unpaired) electrons. The maximum absolute atomic E-state index is 12.0. The van der Waals surface area contributed by atoms with Crippen LogP contribution in [0.25, 0.3) is 0 Å². The Morgan fingerprint density at radius 3 is 2.44 bits per heavy atom. The molecule has 100 valence electrons. The van der Waals surface area contributed by atoms with E-state index in [0.717, 1.165) is 5.56 Å². The number of carbonyl (C=O) groups excluding carboxylic acids is 1. The smallest absolute Gasteiger partial charge is 0.377 e. The lowest BCUT2D eigenvalue weighted by Crippen LogP contribution is -2.36. The lowest BCUT2D eigenvalue weighted by molar-refractivity contribution is -0.173. The van der Waals surface area contributed by atoms with Crippen LogP contribution >= 0.6 is 0 Å². The molecule has 0 aliphatic carbocycles. The summed E-state index contributed by atoms with van der Waals surface area (Å²) in [7, 11) is 0. The Kier molecular flexibility index (Phi) is 5.15. The molecule has 1 aromatic rings. The summed E-state index contributed by atoms with van der Waals surface area (Å²) in [5, 5.41) is 1.84. The molecule has 0 aromatic heterocycles. The number of alkyl halides is 3. The van der Waals surface area contributed by atoms with Gasteiger partial charge in [0.15, 0.2) is 0 Å². The molecule has 6 heteroatoms. The van der Waals surface area contributed by atoms with Gasteiger partial charge >= 0.3 is 12.1 Å². The van der Waals surface area contributed by atoms with Gasteiger partial charge in [0, 0.05) is 13.2 Å². The van der Waals surface area contributed by atoms with Crippen LogP contribution in [0.15, 0.2) is 24.3 Å². The lowest BCUT2D eigenvalue weighted by Gasteiger charge is -2.11. The van der Waals surface area contributed by atoms with Crippen LogP contribution in [-0.4, -0.2) is 18.7 Å². The molecule has 18 heavy (non-hydrogen) atoms. The number of rotatable bonds is 5. The molecular weight excluding hydrogens is 247 g/mol. The molecule has 1 N–H and O–H groups in total. The first-order chi connectivity index (χ1) is 8.45. The van der Waals surface area contributed by atoms with Gasteiger partial charge in [-0.1, -0.05) is 24.3 Å². The molecule has 3 nitrogen and oxygen atoms in total. The second-order valence-corrected chi connectivity index (χ2v) is 3.59. The highest BCUT2D eigenvalue weighted by Crippen LogP contribution is 2.15. The summed E-state index contributed by atoms with van der Waals surface area (Å²) in [6.45, 7) is 2.49. The number of benzene rings is 1. The fourth-order valence-corrected chi connectivity index (χ4v) is 1.36. The van der Waals surface area contributed by atoms with E-state index in [9.17, 15) is 18.0 Å². The Balaban J connectivity index is 2.64. The maximum atomic E-state index is 12.0. The van der Waals surface area contributed by atoms with E-state index >= 15 is 0 Å². The second-order valence-electron chi connectivity index (χ2n) is 3.59. The lowest BCUT2D eigenvalue weighted by atomic mass is 10.1. The zero-order valence-corrected chi connectivity index (χ0v) is 9.88. The molecule has 0 spiro atoms. The number of halogens is 3. The van der Waals surface area contributed by atoms with Gasteiger partial charge in [0.25, 0.3) is 0 Å². The van der Waals surface area contributed by atoms with E-state index < -0.39 is 12.1 Å². The van der Waals surface area contributed by atoms with Crippen molar-refractivity contribution in [3.63, 3.8) is 0 Å². The van der Waals surface area contributed by atoms with Crippen molar-refractivity contribution < 1.29 is 22.7 Å². The van der Waals surface area contributed by atoms with Crippen LogP contribution in [0.3, 0.4) is 0 Å². The Bertz CT molecular complexity index is 405. The molecule has 0 unspecified atom stereocenters. The molecule has 0 atom stereocenters. The minimum atomic E-state index is -4.85. The van der Waals surface area contributed by atoms with E-state index in [2.05, 4.69) is 0 Å². The van der Waals surface area contributed by atoms with E-state index in [-0.39, 0.29) is 6.54 Å². The number of amides is 1. The number of hydrogen-bond donors (Lipinski definition) is 1. The van der Waals surface area contributed by atoms with Crippen molar-refractivity contribution in [2.45, 2.75) is 26.3 Å². The zero-order chi connectivity index (χ0) is 13.6. The Hall–Kier alpha value is -1.56. The van der Waals surface area contributed by atoms with Crippen molar-refractivity contribution >= 4 is 5.91 Å². The average Bonchev–Trinajstić information content (AvgIpc) is 2.33. The summed E-state index contributed by atoms with van der Waals surface area (Å²) < 4.78 is 41.3. The first-order valence-corrected chi connectivity index (χ1v) is 5.44. The Labute approximate surface area is 103 Å². The fraction of sp³-hybridized carbons (Fsp3) is 0.417. The van der Waals surface area contributed by atoms with E-state index in [0.29, 0.717) is 18.8 Å². The van der Waals surface area contributed by atoms with Crippen LogP contribution in [0.1, 0.15) is 18.1 Å². The summed E-state index contributed by atoms with van der Waals surface area (Å²) in [4.78, 5) is 10.7. The van der Waals surface area contributed by atoms with E-state index in [1.165, 1.54) is 0 Å². The van der Waals surface area contributed by atoms with Crippen molar-refractivity contribution in [1.82, 2.24) is 5.32 Å². The van der Waals surface area contributed by atoms with Crippen LogP contribution in [0.4, 0.5) is 13.2 Å². The highest BCUT2D eigenvalue weighted by Gasteiger charge is 2.38. The van der Waals surface area contributed by atoms with Gasteiger partial charge in [-0.15, -0.1) is 0 Å². The molecule has 0 heterocycles. The van der Waals surface area contributed by atoms with Crippen molar-refractivity contribution in [2.24, 2.45) is 0 Å². The van der Waals surface area contributed by atoms with Crippen LogP contribution in [0.2, 0.25) is 0 Å².